The van der Waals surface area contributed by atoms with E-state index in [0.717, 1.165) is 0 Å². The van der Waals surface area contributed by atoms with Crippen LogP contribution in [0.4, 0.5) is 0 Å². The van der Waals surface area contributed by atoms with E-state index in [1.54, 1.807) is 0 Å². The number of allylic oxidation sites excluding steroid dienone is 2. The van der Waals surface area contributed by atoms with Gasteiger partial charge in [0.2, 0.25) is 0 Å². The van der Waals surface area contributed by atoms with Crippen molar-refractivity contribution < 1.29 is 31.0 Å². The zero-order valence-corrected chi connectivity index (χ0v) is 51.8. The molecular weight excluding hydrogens is 844 g/mol. The molecule has 0 atom stereocenters. The zero-order valence-electron chi connectivity index (χ0n) is 50.8. The molecule has 0 aliphatic heterocycles. The van der Waals surface area contributed by atoms with E-state index in [1.807, 2.05) is 11.1 Å². The smallest absolute Gasteiger partial charge is 1.00 e. The molecule has 0 aromatic heterocycles. The van der Waals surface area contributed by atoms with Crippen LogP contribution < -0.4 is 41.9 Å². The first-order chi connectivity index (χ1) is 32.8. The average molecular weight is 984 g/mol. The Bertz CT molecular complexity index is 755. The summed E-state index contributed by atoms with van der Waals surface area (Å²) in [6, 6.07) is 0. The SMILES string of the molecule is CCCCCCCCCCCCCCCCC(CCCCCCCCCCCCCCCC)=C(CCCCCCCCCCCCCCCC)CCCCCCCCCCCCCCCC.N.N.[H-].[Na+]. The Morgan fingerprint density at radius 3 is 0.348 bits per heavy atom. The third-order valence-electron chi connectivity index (χ3n) is 15.8. The van der Waals surface area contributed by atoms with Crippen LogP contribution in [-0.4, -0.2) is 0 Å². The van der Waals surface area contributed by atoms with Crippen molar-refractivity contribution in [2.24, 2.45) is 0 Å². The van der Waals surface area contributed by atoms with Crippen LogP contribution in [0, 0.1) is 0 Å². The van der Waals surface area contributed by atoms with Crippen molar-refractivity contribution >= 4 is 0 Å². The molecule has 2 nitrogen and oxygen atoms in total. The molecule has 0 heterocycles. The van der Waals surface area contributed by atoms with Crippen LogP contribution in [0.15, 0.2) is 11.1 Å². The van der Waals surface area contributed by atoms with E-state index < -0.39 is 0 Å². The molecule has 0 rings (SSSR count). The van der Waals surface area contributed by atoms with E-state index in [0.29, 0.717) is 0 Å². The Balaban J connectivity index is -0.00000352. The summed E-state index contributed by atoms with van der Waals surface area (Å²) in [5, 5.41) is 0. The number of unbranched alkanes of at least 4 members (excludes halogenated alkanes) is 52. The van der Waals surface area contributed by atoms with Gasteiger partial charge in [0.15, 0.2) is 0 Å². The summed E-state index contributed by atoms with van der Waals surface area (Å²) in [6.07, 6.45) is 88.1. The summed E-state index contributed by atoms with van der Waals surface area (Å²) >= 11 is 0. The first-order valence-electron chi connectivity index (χ1n) is 32.5. The maximum Gasteiger partial charge on any atom is 1.00 e. The van der Waals surface area contributed by atoms with Gasteiger partial charge in [0.1, 0.15) is 0 Å². The summed E-state index contributed by atoms with van der Waals surface area (Å²) in [5.41, 5.74) is 3.94. The Kier molecular flexibility index (Phi) is 78.1. The van der Waals surface area contributed by atoms with Gasteiger partial charge in [0, 0.05) is 0 Å². The summed E-state index contributed by atoms with van der Waals surface area (Å²) in [5.74, 6) is 0. The van der Waals surface area contributed by atoms with Crippen molar-refractivity contribution in [3.8, 4) is 0 Å². The molecule has 0 aromatic rings. The summed E-state index contributed by atoms with van der Waals surface area (Å²) in [7, 11) is 0. The third kappa shape index (κ3) is 64.7. The van der Waals surface area contributed by atoms with Gasteiger partial charge < -0.3 is 13.7 Å². The van der Waals surface area contributed by atoms with Gasteiger partial charge in [-0.3, -0.25) is 0 Å². The van der Waals surface area contributed by atoms with E-state index in [2.05, 4.69) is 27.7 Å². The van der Waals surface area contributed by atoms with Crippen molar-refractivity contribution in [1.29, 1.82) is 0 Å². The summed E-state index contributed by atoms with van der Waals surface area (Å²) < 4.78 is 0. The minimum absolute atomic E-state index is 0. The van der Waals surface area contributed by atoms with Crippen molar-refractivity contribution in [2.45, 2.75) is 413 Å². The fraction of sp³-hybridized carbons (Fsp3) is 0.970. The first-order valence-corrected chi connectivity index (χ1v) is 32.5. The van der Waals surface area contributed by atoms with E-state index in [9.17, 15) is 0 Å². The van der Waals surface area contributed by atoms with E-state index in [1.165, 1.54) is 385 Å². The summed E-state index contributed by atoms with van der Waals surface area (Å²) in [6.45, 7) is 9.33. The molecule has 0 spiro atoms. The standard InChI is InChI=1S/C66H132.2H3N.Na.H/c1-5-9-13-17-21-25-29-33-37-41-45-49-53-57-61-65(62-58-54-50-46-42-38-34-30-26-22-18-14-10-6-2)66(63-59-55-51-47-43-39-35-31-27-23-19-15-11-7-3)64-60-56-52-48-44-40-36-32-28-24-20-16-12-8-4;;;;/h5-64H2,1-4H3;2*1H3;;/q;;;+1;-1. The first kappa shape index (κ1) is 76.2. The van der Waals surface area contributed by atoms with Crippen LogP contribution in [0.1, 0.15) is 414 Å². The van der Waals surface area contributed by atoms with E-state index in [-0.39, 0.29) is 43.3 Å². The van der Waals surface area contributed by atoms with Crippen molar-refractivity contribution in [2.75, 3.05) is 0 Å². The Hall–Kier alpha value is 0.660. The Morgan fingerprint density at radius 2 is 0.246 bits per heavy atom. The van der Waals surface area contributed by atoms with Crippen LogP contribution in [0.25, 0.3) is 0 Å². The molecule has 0 aliphatic rings. The normalized spacial score (nSPS) is 11.1. The predicted octanol–water partition coefficient (Wildman–Crippen LogP) is 23.2. The molecule has 0 saturated heterocycles. The van der Waals surface area contributed by atoms with Gasteiger partial charge in [0.25, 0.3) is 0 Å². The maximum atomic E-state index is 2.33. The van der Waals surface area contributed by atoms with Gasteiger partial charge in [-0.15, -0.1) is 0 Å². The van der Waals surface area contributed by atoms with Gasteiger partial charge >= 0.3 is 29.6 Å². The molecule has 0 fully saturated rings. The fourth-order valence-electron chi connectivity index (χ4n) is 11.1. The maximum absolute atomic E-state index is 2.33. The number of rotatable bonds is 60. The van der Waals surface area contributed by atoms with Crippen molar-refractivity contribution in [1.82, 2.24) is 12.3 Å². The Morgan fingerprint density at radius 1 is 0.159 bits per heavy atom. The Labute approximate surface area is 464 Å². The van der Waals surface area contributed by atoms with Crippen LogP contribution >= 0.6 is 0 Å². The molecule has 0 radical (unpaired) electrons. The van der Waals surface area contributed by atoms with Crippen LogP contribution in [0.5, 0.6) is 0 Å². The zero-order chi connectivity index (χ0) is 47.6. The molecule has 0 saturated carbocycles. The third-order valence-corrected chi connectivity index (χ3v) is 15.8. The molecule has 6 N–H and O–H groups in total. The molecular formula is C66H139N2Na. The quantitative estimate of drug-likeness (QED) is 0.0362. The van der Waals surface area contributed by atoms with E-state index in [4.69, 9.17) is 0 Å². The van der Waals surface area contributed by atoms with Gasteiger partial charge in [-0.1, -0.05) is 373 Å². The molecule has 69 heavy (non-hydrogen) atoms. The largest absolute Gasteiger partial charge is 1.00 e. The van der Waals surface area contributed by atoms with Crippen LogP contribution in [0.2, 0.25) is 0 Å². The number of hydrogen-bond acceptors (Lipinski definition) is 2. The van der Waals surface area contributed by atoms with Gasteiger partial charge in [-0.2, -0.15) is 0 Å². The molecule has 414 valence electrons. The molecule has 0 amide bonds. The van der Waals surface area contributed by atoms with Crippen LogP contribution in [-0.2, 0) is 0 Å². The minimum Gasteiger partial charge on any atom is -1.00 e. The van der Waals surface area contributed by atoms with Gasteiger partial charge in [-0.25, -0.2) is 0 Å². The van der Waals surface area contributed by atoms with Crippen molar-refractivity contribution in [3.63, 3.8) is 0 Å². The molecule has 0 unspecified atom stereocenters. The second kappa shape index (κ2) is 70.7. The molecule has 3 heteroatoms. The van der Waals surface area contributed by atoms with E-state index >= 15 is 0 Å². The monoisotopic (exact) mass is 983 g/mol. The fourth-order valence-corrected chi connectivity index (χ4v) is 11.1. The van der Waals surface area contributed by atoms with Crippen LogP contribution in [0.3, 0.4) is 0 Å². The van der Waals surface area contributed by atoms with Crippen molar-refractivity contribution in [3.05, 3.63) is 11.1 Å². The molecule has 0 bridgehead atoms. The number of hydrogen-bond donors (Lipinski definition) is 2. The topological polar surface area (TPSA) is 70.0 Å². The summed E-state index contributed by atoms with van der Waals surface area (Å²) in [4.78, 5) is 0. The second-order valence-electron chi connectivity index (χ2n) is 22.6. The average Bonchev–Trinajstić information content (AvgIpc) is 3.33. The van der Waals surface area contributed by atoms with Gasteiger partial charge in [-0.05, 0) is 51.4 Å². The predicted molar refractivity (Wildman–Crippen MR) is 318 cm³/mol. The second-order valence-corrected chi connectivity index (χ2v) is 22.6. The minimum atomic E-state index is 0. The van der Waals surface area contributed by atoms with Gasteiger partial charge in [0.05, 0.1) is 0 Å². The molecule has 0 aliphatic carbocycles. The molecule has 0 aromatic carbocycles.